The Morgan fingerprint density at radius 1 is 1.06 bits per heavy atom. The highest BCUT2D eigenvalue weighted by Crippen LogP contribution is 2.29. The van der Waals surface area contributed by atoms with Gasteiger partial charge in [0, 0.05) is 19.3 Å². The number of carbonyl (C=O) groups excluding carboxylic acids is 1. The van der Waals surface area contributed by atoms with Gasteiger partial charge in [-0.05, 0) is 32.0 Å². The molecule has 3 atom stereocenters. The Morgan fingerprint density at radius 2 is 1.75 bits per heavy atom. The molecule has 1 fully saturated rings. The lowest BCUT2D eigenvalue weighted by atomic mass is 10.0. The molecule has 190 valence electrons. The van der Waals surface area contributed by atoms with E-state index < -0.39 is 41.4 Å². The van der Waals surface area contributed by atoms with Gasteiger partial charge in [-0.3, -0.25) is 4.79 Å². The number of hydrogen-bond acceptors (Lipinski definition) is 7. The van der Waals surface area contributed by atoms with Crippen LogP contribution in [0.15, 0.2) is 43.0 Å². The Hall–Kier alpha value is -3.74. The summed E-state index contributed by atoms with van der Waals surface area (Å²) in [4.78, 5) is 30.6. The largest absolute Gasteiger partial charge is 0.417 e. The number of amides is 1. The zero-order valence-corrected chi connectivity index (χ0v) is 19.1. The Bertz CT molecular complexity index is 1220. The zero-order valence-electron chi connectivity index (χ0n) is 19.1. The molecule has 1 N–H and O–H groups in total. The molecule has 0 radical (unpaired) electrons. The molecule has 8 nitrogen and oxygen atoms in total. The van der Waals surface area contributed by atoms with Crippen LogP contribution in [0.1, 0.15) is 29.9 Å². The molecule has 0 aromatic carbocycles. The molecule has 3 aromatic heterocycles. The van der Waals surface area contributed by atoms with Gasteiger partial charge in [0.15, 0.2) is 11.6 Å². The number of hydrogen-bond donors (Lipinski definition) is 1. The summed E-state index contributed by atoms with van der Waals surface area (Å²) in [5, 5.41) is 2.94. The topological polar surface area (TPSA) is 93.1 Å². The maximum absolute atomic E-state index is 14.0. The fraction of sp³-hybridized carbons (Fsp3) is 0.348. The van der Waals surface area contributed by atoms with Gasteiger partial charge in [0.05, 0.1) is 48.0 Å². The number of morpholine rings is 1. The van der Waals surface area contributed by atoms with Crippen LogP contribution in [0.3, 0.4) is 0 Å². The first-order valence-corrected chi connectivity index (χ1v) is 10.9. The van der Waals surface area contributed by atoms with Gasteiger partial charge in [-0.25, -0.2) is 28.7 Å². The van der Waals surface area contributed by atoms with Crippen LogP contribution in [-0.2, 0) is 10.9 Å². The fourth-order valence-corrected chi connectivity index (χ4v) is 3.92. The molecule has 4 rings (SSSR count). The third-order valence-corrected chi connectivity index (χ3v) is 5.61. The summed E-state index contributed by atoms with van der Waals surface area (Å²) < 4.78 is 71.6. The minimum atomic E-state index is -4.51. The van der Waals surface area contributed by atoms with Gasteiger partial charge in [0.1, 0.15) is 17.3 Å². The molecule has 1 amide bonds. The first-order valence-electron chi connectivity index (χ1n) is 10.9. The van der Waals surface area contributed by atoms with Crippen LogP contribution in [-0.4, -0.2) is 62.1 Å². The van der Waals surface area contributed by atoms with Crippen LogP contribution < -0.4 is 5.32 Å². The highest BCUT2D eigenvalue weighted by Gasteiger charge is 2.38. The average molecular weight is 508 g/mol. The van der Waals surface area contributed by atoms with E-state index in [2.05, 4.69) is 25.3 Å². The first kappa shape index (κ1) is 25.4. The number of carbonyl (C=O) groups is 1. The minimum Gasteiger partial charge on any atom is -0.372 e. The summed E-state index contributed by atoms with van der Waals surface area (Å²) in [6.07, 6.45) is -1.93. The van der Waals surface area contributed by atoms with E-state index in [-0.39, 0.29) is 42.1 Å². The molecule has 1 aliphatic rings. The van der Waals surface area contributed by atoms with Crippen molar-refractivity contribution in [2.75, 3.05) is 18.4 Å². The number of pyridine rings is 2. The second kappa shape index (κ2) is 10.1. The van der Waals surface area contributed by atoms with Crippen LogP contribution in [0.4, 0.5) is 27.8 Å². The number of anilines is 1. The van der Waals surface area contributed by atoms with E-state index in [1.165, 1.54) is 11.0 Å². The van der Waals surface area contributed by atoms with Gasteiger partial charge in [-0.1, -0.05) is 0 Å². The molecule has 1 aliphatic heterocycles. The van der Waals surface area contributed by atoms with Gasteiger partial charge < -0.3 is 15.0 Å². The smallest absolute Gasteiger partial charge is 0.372 e. The van der Waals surface area contributed by atoms with Gasteiger partial charge >= 0.3 is 6.18 Å². The van der Waals surface area contributed by atoms with Gasteiger partial charge in [0.25, 0.3) is 5.91 Å². The van der Waals surface area contributed by atoms with Gasteiger partial charge in [-0.2, -0.15) is 13.2 Å². The molecule has 1 saturated heterocycles. The maximum atomic E-state index is 14.0. The van der Waals surface area contributed by atoms with Crippen molar-refractivity contribution in [1.82, 2.24) is 24.8 Å². The molecule has 13 heteroatoms. The van der Waals surface area contributed by atoms with Crippen molar-refractivity contribution >= 4 is 11.7 Å². The number of aromatic nitrogens is 4. The van der Waals surface area contributed by atoms with Crippen LogP contribution in [0.5, 0.6) is 0 Å². The zero-order chi connectivity index (χ0) is 26.0. The SMILES string of the molecule is C[C@@H]1CN(C(=O)c2ncc(F)cc2-c2ncc(F)cn2)[C@H](CNc2ccc(C(F)(F)F)cn2)[C@H](C)O1. The average Bonchev–Trinajstić information content (AvgIpc) is 2.83. The van der Waals surface area contributed by atoms with Crippen LogP contribution in [0.2, 0.25) is 0 Å². The van der Waals surface area contributed by atoms with E-state index >= 15 is 0 Å². The Kier molecular flexibility index (Phi) is 7.11. The summed E-state index contributed by atoms with van der Waals surface area (Å²) in [7, 11) is 0. The lowest BCUT2D eigenvalue weighted by Crippen LogP contribution is -2.58. The van der Waals surface area contributed by atoms with E-state index in [9.17, 15) is 26.7 Å². The van der Waals surface area contributed by atoms with E-state index in [0.29, 0.717) is 6.20 Å². The second-order valence-corrected chi connectivity index (χ2v) is 8.26. The molecule has 0 aliphatic carbocycles. The standard InChI is InChI=1S/C23H21F5N6O2/c1-12-11-34(18(13(2)36-12)10-30-19-4-3-14(6-29-19)23(26,27)28)22(35)20-17(5-15(24)7-31-20)21-32-8-16(25)9-33-21/h3-9,12-13,18H,10-11H2,1-2H3,(H,29,30)/t12-,13+,18-/m1/s1. The normalized spacial score (nSPS) is 20.3. The molecule has 0 saturated carbocycles. The number of nitrogens with zero attached hydrogens (tertiary/aromatic N) is 5. The van der Waals surface area contributed by atoms with E-state index in [0.717, 1.165) is 30.7 Å². The van der Waals surface area contributed by atoms with Crippen LogP contribution >= 0.6 is 0 Å². The van der Waals surface area contributed by atoms with Crippen molar-refractivity contribution < 1.29 is 31.5 Å². The highest BCUT2D eigenvalue weighted by atomic mass is 19.4. The summed E-state index contributed by atoms with van der Waals surface area (Å²) in [6, 6.07) is 2.56. The lowest BCUT2D eigenvalue weighted by Gasteiger charge is -2.43. The quantitative estimate of drug-likeness (QED) is 0.522. The van der Waals surface area contributed by atoms with Crippen molar-refractivity contribution in [3.63, 3.8) is 0 Å². The van der Waals surface area contributed by atoms with Gasteiger partial charge in [0.2, 0.25) is 0 Å². The third-order valence-electron chi connectivity index (χ3n) is 5.61. The molecule has 0 spiro atoms. The van der Waals surface area contributed by atoms with Gasteiger partial charge in [-0.15, -0.1) is 0 Å². The van der Waals surface area contributed by atoms with Crippen molar-refractivity contribution in [2.24, 2.45) is 0 Å². The third kappa shape index (κ3) is 5.56. The monoisotopic (exact) mass is 508 g/mol. The molecule has 36 heavy (non-hydrogen) atoms. The summed E-state index contributed by atoms with van der Waals surface area (Å²) in [5.74, 6) is -1.89. The van der Waals surface area contributed by atoms with Crippen LogP contribution in [0.25, 0.3) is 11.4 Å². The predicted octanol–water partition coefficient (Wildman–Crippen LogP) is 3.96. The second-order valence-electron chi connectivity index (χ2n) is 8.26. The van der Waals surface area contributed by atoms with Crippen molar-refractivity contribution in [3.05, 3.63) is 65.9 Å². The van der Waals surface area contributed by atoms with E-state index in [1.54, 1.807) is 13.8 Å². The molecule has 4 heterocycles. The predicted molar refractivity (Wildman–Crippen MR) is 118 cm³/mol. The van der Waals surface area contributed by atoms with Crippen molar-refractivity contribution in [2.45, 2.75) is 38.3 Å². The number of ether oxygens (including phenoxy) is 1. The molecule has 3 aromatic rings. The maximum Gasteiger partial charge on any atom is 0.417 e. The van der Waals surface area contributed by atoms with Crippen molar-refractivity contribution in [3.8, 4) is 11.4 Å². The lowest BCUT2D eigenvalue weighted by molar-refractivity contribution is -0.137. The Balaban J connectivity index is 1.60. The Morgan fingerprint density at radius 3 is 2.39 bits per heavy atom. The van der Waals surface area contributed by atoms with Crippen molar-refractivity contribution in [1.29, 1.82) is 0 Å². The molecular formula is C23H21F5N6O2. The number of halogens is 5. The fourth-order valence-electron chi connectivity index (χ4n) is 3.92. The number of nitrogens with one attached hydrogen (secondary N) is 1. The first-order chi connectivity index (χ1) is 17.0. The number of rotatable bonds is 5. The van der Waals surface area contributed by atoms with E-state index in [4.69, 9.17) is 4.74 Å². The summed E-state index contributed by atoms with van der Waals surface area (Å²) in [5.41, 5.74) is -1.03. The Labute approximate surface area is 202 Å². The molecular weight excluding hydrogens is 487 g/mol. The highest BCUT2D eigenvalue weighted by molar-refractivity contribution is 5.98. The minimum absolute atomic E-state index is 0.0112. The summed E-state index contributed by atoms with van der Waals surface area (Å²) >= 11 is 0. The molecule has 0 unspecified atom stereocenters. The van der Waals surface area contributed by atoms with E-state index in [1.807, 2.05) is 0 Å². The summed E-state index contributed by atoms with van der Waals surface area (Å²) in [6.45, 7) is 3.80. The van der Waals surface area contributed by atoms with Crippen LogP contribution in [0, 0.1) is 11.6 Å². The molecule has 0 bridgehead atoms. The number of alkyl halides is 3.